The van der Waals surface area contributed by atoms with Crippen LogP contribution in [0.2, 0.25) is 0 Å². The first-order valence-electron chi connectivity index (χ1n) is 10.3. The molecule has 1 aliphatic heterocycles. The van der Waals surface area contributed by atoms with Crippen molar-refractivity contribution in [3.63, 3.8) is 0 Å². The van der Waals surface area contributed by atoms with E-state index in [-0.39, 0.29) is 11.8 Å². The molecule has 1 heterocycles. The molecule has 6 aromatic carbocycles. The summed E-state index contributed by atoms with van der Waals surface area (Å²) in [6, 6.07) is 29.6. The monoisotopic (exact) mass is 397 g/mol. The molecular formula is C28H15NO2. The number of hydrogen-bond acceptors (Lipinski definition) is 2. The van der Waals surface area contributed by atoms with Gasteiger partial charge in [-0.15, -0.1) is 0 Å². The topological polar surface area (TPSA) is 37.4 Å². The summed E-state index contributed by atoms with van der Waals surface area (Å²) >= 11 is 0. The summed E-state index contributed by atoms with van der Waals surface area (Å²) in [6.45, 7) is 0. The lowest BCUT2D eigenvalue weighted by Gasteiger charge is -2.28. The van der Waals surface area contributed by atoms with Crippen molar-refractivity contribution in [1.29, 1.82) is 0 Å². The van der Waals surface area contributed by atoms with Crippen LogP contribution in [0.1, 0.15) is 20.7 Å². The van der Waals surface area contributed by atoms with Crippen molar-refractivity contribution < 1.29 is 9.59 Å². The minimum Gasteiger partial charge on any atom is -0.268 e. The Kier molecular flexibility index (Phi) is 3.03. The van der Waals surface area contributed by atoms with Gasteiger partial charge in [-0.2, -0.15) is 0 Å². The van der Waals surface area contributed by atoms with Crippen molar-refractivity contribution in [3.8, 4) is 0 Å². The number of carbonyl (C=O) groups is 2. The summed E-state index contributed by atoms with van der Waals surface area (Å²) in [5.41, 5.74) is 1.74. The molecule has 0 bridgehead atoms. The molecule has 0 atom stereocenters. The van der Waals surface area contributed by atoms with Crippen LogP contribution in [0.4, 0.5) is 5.69 Å². The molecule has 1 aliphatic rings. The Morgan fingerprint density at radius 1 is 0.452 bits per heavy atom. The van der Waals surface area contributed by atoms with E-state index in [9.17, 15) is 9.59 Å². The Labute approximate surface area is 177 Å². The minimum absolute atomic E-state index is 0.274. The first kappa shape index (κ1) is 16.5. The molecule has 0 aromatic heterocycles. The van der Waals surface area contributed by atoms with E-state index < -0.39 is 0 Å². The molecular weight excluding hydrogens is 382 g/mol. The van der Waals surface area contributed by atoms with Crippen LogP contribution in [0.15, 0.2) is 91.0 Å². The molecule has 0 spiro atoms. The van der Waals surface area contributed by atoms with Crippen LogP contribution in [-0.2, 0) is 0 Å². The molecule has 0 aliphatic carbocycles. The molecule has 0 saturated carbocycles. The van der Waals surface area contributed by atoms with E-state index in [1.807, 2.05) is 42.5 Å². The maximum atomic E-state index is 13.5. The van der Waals surface area contributed by atoms with Crippen LogP contribution in [0.5, 0.6) is 0 Å². The molecule has 7 rings (SSSR count). The Morgan fingerprint density at radius 2 is 1.00 bits per heavy atom. The molecule has 31 heavy (non-hydrogen) atoms. The maximum absolute atomic E-state index is 13.5. The van der Waals surface area contributed by atoms with Gasteiger partial charge >= 0.3 is 0 Å². The normalized spacial score (nSPS) is 13.9. The number of para-hydroxylation sites is 1. The lowest BCUT2D eigenvalue weighted by atomic mass is 9.85. The molecule has 0 saturated heterocycles. The quantitative estimate of drug-likeness (QED) is 0.179. The van der Waals surface area contributed by atoms with Gasteiger partial charge in [-0.25, -0.2) is 4.90 Å². The molecule has 2 amide bonds. The van der Waals surface area contributed by atoms with Gasteiger partial charge in [0, 0.05) is 16.5 Å². The summed E-state index contributed by atoms with van der Waals surface area (Å²) in [6.07, 6.45) is 0. The number of carbonyl (C=O) groups excluding carboxylic acids is 2. The van der Waals surface area contributed by atoms with Crippen molar-refractivity contribution in [2.24, 2.45) is 0 Å². The number of amides is 2. The number of benzene rings is 6. The predicted octanol–water partition coefficient (Wildman–Crippen LogP) is 6.54. The van der Waals surface area contributed by atoms with E-state index in [0.29, 0.717) is 16.8 Å². The largest absolute Gasteiger partial charge is 0.268 e. The van der Waals surface area contributed by atoms with E-state index in [4.69, 9.17) is 0 Å². The van der Waals surface area contributed by atoms with Gasteiger partial charge in [-0.05, 0) is 62.0 Å². The van der Waals surface area contributed by atoms with Gasteiger partial charge in [-0.3, -0.25) is 9.59 Å². The van der Waals surface area contributed by atoms with Crippen LogP contribution in [0, 0.1) is 0 Å². The number of fused-ring (bicyclic) bond motifs is 2. The first-order valence-corrected chi connectivity index (χ1v) is 10.3. The summed E-state index contributed by atoms with van der Waals surface area (Å²) in [7, 11) is 0. The SMILES string of the molecule is O=C1c2ccc3c4cccc5cccc(c6ccc(c2c36)C(=O)N1c1ccccc1)c54. The molecule has 6 aromatic rings. The van der Waals surface area contributed by atoms with Crippen molar-refractivity contribution in [1.82, 2.24) is 0 Å². The average molecular weight is 397 g/mol. The molecule has 3 heteroatoms. The fraction of sp³-hybridized carbons (Fsp3) is 0. The number of anilines is 1. The van der Waals surface area contributed by atoms with Gasteiger partial charge in [0.2, 0.25) is 0 Å². The highest BCUT2D eigenvalue weighted by Crippen LogP contribution is 2.44. The number of hydrogen-bond donors (Lipinski definition) is 0. The van der Waals surface area contributed by atoms with Crippen LogP contribution < -0.4 is 4.90 Å². The average Bonchev–Trinajstić information content (AvgIpc) is 2.82. The van der Waals surface area contributed by atoms with Gasteiger partial charge in [0.1, 0.15) is 0 Å². The lowest BCUT2D eigenvalue weighted by Crippen LogP contribution is -2.40. The standard InChI is InChI=1S/C28H15NO2/c30-27-22-14-12-20-18-10-4-6-16-7-5-11-19(24(16)18)21-13-15-23(26(22)25(20)21)28(31)29(27)17-8-2-1-3-9-17/h1-15H. The molecule has 0 unspecified atom stereocenters. The third-order valence-corrected chi connectivity index (χ3v) is 6.53. The third kappa shape index (κ3) is 1.98. The molecule has 0 fully saturated rings. The second kappa shape index (κ2) is 5.67. The highest BCUT2D eigenvalue weighted by atomic mass is 16.2. The maximum Gasteiger partial charge on any atom is 0.265 e. The Balaban J connectivity index is 1.66. The molecule has 0 N–H and O–H groups in total. The van der Waals surface area contributed by atoms with Gasteiger partial charge < -0.3 is 0 Å². The highest BCUT2D eigenvalue weighted by Gasteiger charge is 2.35. The van der Waals surface area contributed by atoms with Crippen LogP contribution in [0.25, 0.3) is 43.1 Å². The van der Waals surface area contributed by atoms with E-state index in [1.54, 1.807) is 12.1 Å². The zero-order valence-electron chi connectivity index (χ0n) is 16.4. The van der Waals surface area contributed by atoms with Gasteiger partial charge in [0.15, 0.2) is 0 Å². The van der Waals surface area contributed by atoms with Gasteiger partial charge in [0.05, 0.1) is 5.69 Å². The second-order valence-corrected chi connectivity index (χ2v) is 8.06. The lowest BCUT2D eigenvalue weighted by molar-refractivity contribution is 0.0893. The Morgan fingerprint density at radius 3 is 1.58 bits per heavy atom. The summed E-state index contributed by atoms with van der Waals surface area (Å²) in [5.74, 6) is -0.547. The summed E-state index contributed by atoms with van der Waals surface area (Å²) in [5, 5.41) is 8.63. The smallest absolute Gasteiger partial charge is 0.265 e. The van der Waals surface area contributed by atoms with Crippen molar-refractivity contribution in [2.45, 2.75) is 0 Å². The van der Waals surface area contributed by atoms with Crippen molar-refractivity contribution in [3.05, 3.63) is 102 Å². The highest BCUT2D eigenvalue weighted by molar-refractivity contribution is 6.42. The fourth-order valence-corrected chi connectivity index (χ4v) is 5.24. The van der Waals surface area contributed by atoms with Crippen molar-refractivity contribution in [2.75, 3.05) is 4.90 Å². The summed E-state index contributed by atoms with van der Waals surface area (Å²) < 4.78 is 0. The zero-order chi connectivity index (χ0) is 20.7. The summed E-state index contributed by atoms with van der Waals surface area (Å²) in [4.78, 5) is 28.3. The predicted molar refractivity (Wildman–Crippen MR) is 125 cm³/mol. The number of nitrogens with zero attached hydrogens (tertiary/aromatic N) is 1. The van der Waals surface area contributed by atoms with Crippen LogP contribution >= 0.6 is 0 Å². The van der Waals surface area contributed by atoms with E-state index in [2.05, 4.69) is 36.4 Å². The zero-order valence-corrected chi connectivity index (χ0v) is 16.4. The fourth-order valence-electron chi connectivity index (χ4n) is 5.24. The molecule has 144 valence electrons. The third-order valence-electron chi connectivity index (χ3n) is 6.53. The minimum atomic E-state index is -0.274. The van der Waals surface area contributed by atoms with Gasteiger partial charge in [0.25, 0.3) is 11.8 Å². The van der Waals surface area contributed by atoms with E-state index >= 15 is 0 Å². The number of rotatable bonds is 1. The second-order valence-electron chi connectivity index (χ2n) is 8.06. The molecule has 0 radical (unpaired) electrons. The van der Waals surface area contributed by atoms with E-state index in [1.165, 1.54) is 15.7 Å². The van der Waals surface area contributed by atoms with Crippen LogP contribution in [0.3, 0.4) is 0 Å². The first-order chi connectivity index (χ1) is 15.2. The van der Waals surface area contributed by atoms with Crippen molar-refractivity contribution >= 4 is 60.6 Å². The van der Waals surface area contributed by atoms with E-state index in [0.717, 1.165) is 32.3 Å². The number of imide groups is 1. The molecule has 3 nitrogen and oxygen atoms in total. The van der Waals surface area contributed by atoms with Crippen LogP contribution in [-0.4, -0.2) is 11.8 Å². The Hall–Kier alpha value is -4.24. The van der Waals surface area contributed by atoms with Gasteiger partial charge in [-0.1, -0.05) is 66.7 Å². The Bertz CT molecular complexity index is 1620.